The fourth-order valence-corrected chi connectivity index (χ4v) is 5.27. The summed E-state index contributed by atoms with van der Waals surface area (Å²) in [6, 6.07) is 25.9. The first-order valence-corrected chi connectivity index (χ1v) is 12.8. The number of likely N-dealkylation sites (tertiary alicyclic amines) is 1. The van der Waals surface area contributed by atoms with Gasteiger partial charge in [-0.2, -0.15) is 4.37 Å². The smallest absolute Gasteiger partial charge is 0.253 e. The summed E-state index contributed by atoms with van der Waals surface area (Å²) in [5.74, 6) is 0.662. The van der Waals surface area contributed by atoms with E-state index in [2.05, 4.69) is 27.1 Å². The second-order valence-electron chi connectivity index (χ2n) is 8.78. The second kappa shape index (κ2) is 10.7. The van der Waals surface area contributed by atoms with E-state index >= 15 is 0 Å². The minimum absolute atomic E-state index is 0.00635. The summed E-state index contributed by atoms with van der Waals surface area (Å²) >= 11 is 1.46. The molecule has 178 valence electrons. The minimum Gasteiger partial charge on any atom is -0.367 e. The molecule has 0 aliphatic carbocycles. The molecule has 0 bridgehead atoms. The van der Waals surface area contributed by atoms with E-state index in [9.17, 15) is 9.59 Å². The zero-order valence-corrected chi connectivity index (χ0v) is 20.3. The Morgan fingerprint density at radius 2 is 1.66 bits per heavy atom. The third kappa shape index (κ3) is 5.35. The predicted molar refractivity (Wildman–Crippen MR) is 142 cm³/mol. The number of benzene rings is 3. The molecule has 4 aromatic rings. The van der Waals surface area contributed by atoms with Crippen molar-refractivity contribution >= 4 is 39.3 Å². The van der Waals surface area contributed by atoms with E-state index < -0.39 is 0 Å². The van der Waals surface area contributed by atoms with E-state index in [0.29, 0.717) is 31.7 Å². The molecule has 0 saturated carbocycles. The summed E-state index contributed by atoms with van der Waals surface area (Å²) in [5.41, 5.74) is 2.86. The third-order valence-electron chi connectivity index (χ3n) is 6.41. The monoisotopic (exact) mass is 484 g/mol. The SMILES string of the molecule is O=C(NCCNc1nsc2ccccc12)C1CCCN(C(=O)c2ccc(-c3ccccc3)cc2)C1. The zero-order valence-electron chi connectivity index (χ0n) is 19.4. The van der Waals surface area contributed by atoms with Crippen molar-refractivity contribution < 1.29 is 9.59 Å². The van der Waals surface area contributed by atoms with Crippen LogP contribution in [0.3, 0.4) is 0 Å². The fourth-order valence-electron chi connectivity index (χ4n) is 4.52. The highest BCUT2D eigenvalue weighted by molar-refractivity contribution is 7.13. The van der Waals surface area contributed by atoms with Crippen molar-refractivity contribution in [1.82, 2.24) is 14.6 Å². The Morgan fingerprint density at radius 1 is 0.914 bits per heavy atom. The Morgan fingerprint density at radius 3 is 2.49 bits per heavy atom. The number of nitrogens with zero attached hydrogens (tertiary/aromatic N) is 2. The van der Waals surface area contributed by atoms with Crippen LogP contribution in [-0.2, 0) is 4.79 Å². The number of hydrogen-bond acceptors (Lipinski definition) is 5. The maximum atomic E-state index is 13.1. The maximum absolute atomic E-state index is 13.1. The van der Waals surface area contributed by atoms with Gasteiger partial charge in [-0.05, 0) is 59.8 Å². The molecule has 2 amide bonds. The van der Waals surface area contributed by atoms with Gasteiger partial charge in [-0.1, -0.05) is 54.6 Å². The van der Waals surface area contributed by atoms with E-state index in [-0.39, 0.29) is 17.7 Å². The van der Waals surface area contributed by atoms with Crippen molar-refractivity contribution in [3.8, 4) is 11.1 Å². The van der Waals surface area contributed by atoms with Crippen molar-refractivity contribution in [1.29, 1.82) is 0 Å². The number of piperidine rings is 1. The molecule has 6 nitrogen and oxygen atoms in total. The summed E-state index contributed by atoms with van der Waals surface area (Å²) in [6.45, 7) is 2.25. The second-order valence-corrected chi connectivity index (χ2v) is 9.58. The number of carbonyl (C=O) groups excluding carboxylic acids is 2. The largest absolute Gasteiger partial charge is 0.367 e. The predicted octanol–water partition coefficient (Wildman–Crippen LogP) is 5.04. The van der Waals surface area contributed by atoms with Crippen LogP contribution in [0.2, 0.25) is 0 Å². The molecule has 3 aromatic carbocycles. The number of fused-ring (bicyclic) bond motifs is 1. The molecule has 1 saturated heterocycles. The lowest BCUT2D eigenvalue weighted by Gasteiger charge is -2.32. The lowest BCUT2D eigenvalue weighted by molar-refractivity contribution is -0.126. The number of amides is 2. The van der Waals surface area contributed by atoms with Crippen molar-refractivity contribution in [2.24, 2.45) is 5.92 Å². The molecule has 1 aromatic heterocycles. The summed E-state index contributed by atoms with van der Waals surface area (Å²) in [5, 5.41) is 7.43. The third-order valence-corrected chi connectivity index (χ3v) is 7.24. The molecule has 2 heterocycles. The minimum atomic E-state index is -0.184. The number of nitrogens with one attached hydrogen (secondary N) is 2. The van der Waals surface area contributed by atoms with Gasteiger partial charge < -0.3 is 15.5 Å². The Balaban J connectivity index is 1.12. The summed E-state index contributed by atoms with van der Waals surface area (Å²) in [4.78, 5) is 27.7. The van der Waals surface area contributed by atoms with Gasteiger partial charge in [0.25, 0.3) is 5.91 Å². The molecular weight excluding hydrogens is 456 g/mol. The summed E-state index contributed by atoms with van der Waals surface area (Å²) < 4.78 is 5.60. The molecule has 1 atom stereocenters. The van der Waals surface area contributed by atoms with Gasteiger partial charge >= 0.3 is 0 Å². The maximum Gasteiger partial charge on any atom is 0.253 e. The van der Waals surface area contributed by atoms with Crippen LogP contribution in [-0.4, -0.2) is 47.3 Å². The van der Waals surface area contributed by atoms with Gasteiger partial charge in [0.05, 0.1) is 10.6 Å². The van der Waals surface area contributed by atoms with Gasteiger partial charge in [0.15, 0.2) is 0 Å². The first kappa shape index (κ1) is 23.1. The number of anilines is 1. The van der Waals surface area contributed by atoms with Gasteiger partial charge in [-0.3, -0.25) is 9.59 Å². The van der Waals surface area contributed by atoms with Gasteiger partial charge in [0.1, 0.15) is 5.82 Å². The summed E-state index contributed by atoms with van der Waals surface area (Å²) in [6.07, 6.45) is 1.63. The molecule has 35 heavy (non-hydrogen) atoms. The van der Waals surface area contributed by atoms with Crippen molar-refractivity contribution in [2.45, 2.75) is 12.8 Å². The average molecular weight is 485 g/mol. The van der Waals surface area contributed by atoms with Crippen molar-refractivity contribution in [2.75, 3.05) is 31.5 Å². The van der Waals surface area contributed by atoms with E-state index in [1.165, 1.54) is 11.5 Å². The van der Waals surface area contributed by atoms with E-state index in [4.69, 9.17) is 0 Å². The van der Waals surface area contributed by atoms with Crippen LogP contribution in [0.4, 0.5) is 5.82 Å². The van der Waals surface area contributed by atoms with Crippen LogP contribution in [0.25, 0.3) is 21.2 Å². The molecule has 1 fully saturated rings. The van der Waals surface area contributed by atoms with Gasteiger partial charge in [0, 0.05) is 37.1 Å². The number of carbonyl (C=O) groups is 2. The Hall–Kier alpha value is -3.71. The lowest BCUT2D eigenvalue weighted by Crippen LogP contribution is -2.46. The van der Waals surface area contributed by atoms with Crippen LogP contribution in [0.5, 0.6) is 0 Å². The molecule has 0 radical (unpaired) electrons. The van der Waals surface area contributed by atoms with Crippen LogP contribution in [0.15, 0.2) is 78.9 Å². The average Bonchev–Trinajstić information content (AvgIpc) is 3.34. The summed E-state index contributed by atoms with van der Waals surface area (Å²) in [7, 11) is 0. The molecular formula is C28H28N4O2S. The molecule has 7 heteroatoms. The van der Waals surface area contributed by atoms with Crippen LogP contribution in [0.1, 0.15) is 23.2 Å². The van der Waals surface area contributed by atoms with E-state index in [1.807, 2.05) is 71.6 Å². The molecule has 0 spiro atoms. The fraction of sp³-hybridized carbons (Fsp3) is 0.250. The Kier molecular flexibility index (Phi) is 7.04. The molecule has 1 unspecified atom stereocenters. The number of aromatic nitrogens is 1. The molecule has 1 aliphatic heterocycles. The van der Waals surface area contributed by atoms with Crippen LogP contribution >= 0.6 is 11.5 Å². The molecule has 5 rings (SSSR count). The normalized spacial score (nSPS) is 15.7. The lowest BCUT2D eigenvalue weighted by atomic mass is 9.96. The van der Waals surface area contributed by atoms with E-state index in [0.717, 1.165) is 39.9 Å². The van der Waals surface area contributed by atoms with Crippen molar-refractivity contribution in [3.63, 3.8) is 0 Å². The van der Waals surface area contributed by atoms with E-state index in [1.54, 1.807) is 0 Å². The first-order chi connectivity index (χ1) is 17.2. The molecule has 1 aliphatic rings. The zero-order chi connectivity index (χ0) is 24.0. The highest BCUT2D eigenvalue weighted by Crippen LogP contribution is 2.26. The quantitative estimate of drug-likeness (QED) is 0.360. The first-order valence-electron chi connectivity index (χ1n) is 12.0. The molecule has 2 N–H and O–H groups in total. The number of rotatable bonds is 7. The van der Waals surface area contributed by atoms with Gasteiger partial charge in [-0.15, -0.1) is 0 Å². The van der Waals surface area contributed by atoms with Gasteiger partial charge in [0.2, 0.25) is 5.91 Å². The van der Waals surface area contributed by atoms with Crippen LogP contribution in [0, 0.1) is 5.92 Å². The van der Waals surface area contributed by atoms with Crippen molar-refractivity contribution in [3.05, 3.63) is 84.4 Å². The number of hydrogen-bond donors (Lipinski definition) is 2. The van der Waals surface area contributed by atoms with Crippen LogP contribution < -0.4 is 10.6 Å². The Labute approximate surface area is 209 Å². The standard InChI is InChI=1S/C28H28N4O2S/c33-27(30-17-16-29-26-24-10-4-5-11-25(24)35-31-26)23-9-6-18-32(19-23)28(34)22-14-12-21(13-15-22)20-7-2-1-3-8-20/h1-5,7-8,10-15,23H,6,9,16-19H2,(H,29,31)(H,30,33). The topological polar surface area (TPSA) is 74.3 Å². The Bertz CT molecular complexity index is 1300. The van der Waals surface area contributed by atoms with Gasteiger partial charge in [-0.25, -0.2) is 0 Å². The highest BCUT2D eigenvalue weighted by Gasteiger charge is 2.28. The highest BCUT2D eigenvalue weighted by atomic mass is 32.1.